The Hall–Kier alpha value is -3.60. The number of hydrogen-bond acceptors (Lipinski definition) is 3. The summed E-state index contributed by atoms with van der Waals surface area (Å²) in [6.45, 7) is 6.54. The molecule has 0 saturated carbocycles. The maximum absolute atomic E-state index is 13.0. The van der Waals surface area contributed by atoms with Crippen LogP contribution < -0.4 is 4.74 Å². The molecule has 1 saturated heterocycles. The number of ether oxygens (including phenoxy) is 1. The molecule has 2 heterocycles. The Labute approximate surface area is 213 Å². The van der Waals surface area contributed by atoms with Crippen molar-refractivity contribution in [1.82, 2.24) is 14.5 Å². The van der Waals surface area contributed by atoms with E-state index in [4.69, 9.17) is 9.72 Å². The van der Waals surface area contributed by atoms with Crippen molar-refractivity contribution in [2.24, 2.45) is 0 Å². The Bertz CT molecular complexity index is 1300. The number of likely N-dealkylation sites (tertiary alicyclic amines) is 1. The molecule has 1 aliphatic heterocycles. The van der Waals surface area contributed by atoms with Crippen molar-refractivity contribution < 1.29 is 9.53 Å². The van der Waals surface area contributed by atoms with Crippen molar-refractivity contribution in [3.63, 3.8) is 0 Å². The molecule has 36 heavy (non-hydrogen) atoms. The predicted molar refractivity (Wildman–Crippen MR) is 144 cm³/mol. The number of aromatic nitrogens is 2. The molecule has 3 aromatic carbocycles. The Kier molecular flexibility index (Phi) is 7.36. The molecule has 0 aliphatic carbocycles. The molecule has 0 N–H and O–H groups in total. The normalized spacial score (nSPS) is 16.6. The summed E-state index contributed by atoms with van der Waals surface area (Å²) < 4.78 is 8.30. The number of amides is 1. The van der Waals surface area contributed by atoms with Gasteiger partial charge in [-0.1, -0.05) is 61.5 Å². The number of carbonyl (C=O) groups is 1. The molecule has 0 radical (unpaired) electrons. The first kappa shape index (κ1) is 24.1. The summed E-state index contributed by atoms with van der Waals surface area (Å²) in [6.07, 6.45) is 3.50. The number of nitrogens with zero attached hydrogens (tertiary/aromatic N) is 3. The summed E-state index contributed by atoms with van der Waals surface area (Å²) in [7, 11) is 0. The molecule has 0 spiro atoms. The fourth-order valence-electron chi connectivity index (χ4n) is 5.21. The highest BCUT2D eigenvalue weighted by Crippen LogP contribution is 2.35. The minimum absolute atomic E-state index is 0.0602. The number of benzene rings is 3. The van der Waals surface area contributed by atoms with Crippen LogP contribution in [-0.2, 0) is 17.8 Å². The third kappa shape index (κ3) is 5.15. The van der Waals surface area contributed by atoms with Crippen molar-refractivity contribution in [3.05, 3.63) is 95.8 Å². The topological polar surface area (TPSA) is 47.4 Å². The number of hydrogen-bond donors (Lipinski definition) is 0. The number of fused-ring (bicyclic) bond motifs is 1. The van der Waals surface area contributed by atoms with Gasteiger partial charge in [-0.05, 0) is 61.6 Å². The maximum Gasteiger partial charge on any atom is 0.223 e. The second kappa shape index (κ2) is 11.0. The van der Waals surface area contributed by atoms with Crippen molar-refractivity contribution in [2.45, 2.75) is 58.0 Å². The van der Waals surface area contributed by atoms with Gasteiger partial charge < -0.3 is 14.2 Å². The van der Waals surface area contributed by atoms with Crippen LogP contribution in [-0.4, -0.2) is 33.5 Å². The van der Waals surface area contributed by atoms with E-state index in [9.17, 15) is 4.79 Å². The quantitative estimate of drug-likeness (QED) is 0.242. The van der Waals surface area contributed by atoms with Gasteiger partial charge in [-0.15, -0.1) is 0 Å². The molecule has 1 aromatic heterocycles. The standard InChI is InChI=1S/C31H35N3O2/c1-3-24-15-17-27(18-16-24)36-20-10-9-19-33-29-14-8-7-13-28(29)32-31(33)26-21-30(35)34(22-26)23(2)25-11-5-4-6-12-25/h4-8,11-18,23,26H,3,9-10,19-22H2,1-2H3. The lowest BCUT2D eigenvalue weighted by Crippen LogP contribution is -2.28. The van der Waals surface area contributed by atoms with Crippen LogP contribution in [0.4, 0.5) is 0 Å². The zero-order chi connectivity index (χ0) is 24.9. The minimum atomic E-state index is 0.0602. The van der Waals surface area contributed by atoms with Crippen LogP contribution in [0.15, 0.2) is 78.9 Å². The van der Waals surface area contributed by atoms with Gasteiger partial charge in [-0.3, -0.25) is 4.79 Å². The molecule has 1 fully saturated rings. The van der Waals surface area contributed by atoms with E-state index >= 15 is 0 Å². The molecule has 4 aromatic rings. The molecule has 2 unspecified atom stereocenters. The van der Waals surface area contributed by atoms with Gasteiger partial charge in [0.2, 0.25) is 5.91 Å². The average molecular weight is 482 g/mol. The van der Waals surface area contributed by atoms with E-state index < -0.39 is 0 Å². The van der Waals surface area contributed by atoms with Gasteiger partial charge in [0, 0.05) is 25.4 Å². The van der Waals surface area contributed by atoms with E-state index in [1.807, 2.05) is 29.2 Å². The van der Waals surface area contributed by atoms with Gasteiger partial charge in [0.25, 0.3) is 0 Å². The number of unbranched alkanes of at least 4 members (excludes halogenated alkanes) is 1. The SMILES string of the molecule is CCc1ccc(OCCCCn2c(C3CC(=O)N(C(C)c4ccccc4)C3)nc3ccccc32)cc1. The first-order chi connectivity index (χ1) is 17.6. The second-order valence-electron chi connectivity index (χ2n) is 9.70. The number of rotatable bonds is 10. The average Bonchev–Trinajstić information content (AvgIpc) is 3.49. The minimum Gasteiger partial charge on any atom is -0.494 e. The number of aryl methyl sites for hydroxylation is 2. The Morgan fingerprint density at radius 3 is 2.50 bits per heavy atom. The van der Waals surface area contributed by atoms with Gasteiger partial charge in [-0.2, -0.15) is 0 Å². The number of carbonyl (C=O) groups excluding carboxylic acids is 1. The van der Waals surface area contributed by atoms with Gasteiger partial charge in [0.05, 0.1) is 23.7 Å². The Morgan fingerprint density at radius 1 is 0.972 bits per heavy atom. The summed E-state index contributed by atoms with van der Waals surface area (Å²) in [5.41, 5.74) is 4.64. The lowest BCUT2D eigenvalue weighted by molar-refractivity contribution is -0.129. The summed E-state index contributed by atoms with van der Waals surface area (Å²) in [5, 5.41) is 0. The van der Waals surface area contributed by atoms with E-state index in [1.54, 1.807) is 0 Å². The highest BCUT2D eigenvalue weighted by atomic mass is 16.5. The smallest absolute Gasteiger partial charge is 0.223 e. The van der Waals surface area contributed by atoms with Crippen LogP contribution in [0.2, 0.25) is 0 Å². The first-order valence-corrected chi connectivity index (χ1v) is 13.2. The predicted octanol–water partition coefficient (Wildman–Crippen LogP) is 6.54. The van der Waals surface area contributed by atoms with Crippen LogP contribution in [0.5, 0.6) is 5.75 Å². The molecule has 1 aliphatic rings. The van der Waals surface area contributed by atoms with Gasteiger partial charge in [0.15, 0.2) is 0 Å². The van der Waals surface area contributed by atoms with E-state index in [0.29, 0.717) is 19.6 Å². The van der Waals surface area contributed by atoms with Crippen molar-refractivity contribution in [1.29, 1.82) is 0 Å². The molecule has 1 amide bonds. The van der Waals surface area contributed by atoms with Gasteiger partial charge >= 0.3 is 0 Å². The molecule has 0 bridgehead atoms. The van der Waals surface area contributed by atoms with Crippen molar-refractivity contribution in [3.8, 4) is 5.75 Å². The Morgan fingerprint density at radius 2 is 1.72 bits per heavy atom. The largest absolute Gasteiger partial charge is 0.494 e. The van der Waals surface area contributed by atoms with E-state index in [0.717, 1.165) is 48.4 Å². The first-order valence-electron chi connectivity index (χ1n) is 13.2. The van der Waals surface area contributed by atoms with Crippen molar-refractivity contribution >= 4 is 16.9 Å². The lowest BCUT2D eigenvalue weighted by atomic mass is 10.1. The maximum atomic E-state index is 13.0. The highest BCUT2D eigenvalue weighted by molar-refractivity contribution is 5.81. The van der Waals surface area contributed by atoms with Gasteiger partial charge in [-0.25, -0.2) is 4.98 Å². The van der Waals surface area contributed by atoms with E-state index in [-0.39, 0.29) is 17.9 Å². The van der Waals surface area contributed by atoms with Crippen molar-refractivity contribution in [2.75, 3.05) is 13.2 Å². The fraction of sp³-hybridized carbons (Fsp3) is 0.355. The Balaban J connectivity index is 1.26. The number of imidazole rings is 1. The monoisotopic (exact) mass is 481 g/mol. The molecular weight excluding hydrogens is 446 g/mol. The van der Waals surface area contributed by atoms with Crippen LogP contribution >= 0.6 is 0 Å². The molecule has 5 rings (SSSR count). The molecular formula is C31H35N3O2. The zero-order valence-electron chi connectivity index (χ0n) is 21.3. The summed E-state index contributed by atoms with van der Waals surface area (Å²) >= 11 is 0. The third-order valence-corrected chi connectivity index (χ3v) is 7.33. The third-order valence-electron chi connectivity index (χ3n) is 7.33. The van der Waals surface area contributed by atoms with Crippen LogP contribution in [0.3, 0.4) is 0 Å². The van der Waals surface area contributed by atoms with E-state index in [2.05, 4.69) is 73.0 Å². The molecule has 5 nitrogen and oxygen atoms in total. The summed E-state index contributed by atoms with van der Waals surface area (Å²) in [4.78, 5) is 20.1. The molecule has 186 valence electrons. The van der Waals surface area contributed by atoms with Crippen LogP contribution in [0, 0.1) is 0 Å². The van der Waals surface area contributed by atoms with Gasteiger partial charge in [0.1, 0.15) is 11.6 Å². The van der Waals surface area contributed by atoms with Crippen LogP contribution in [0.1, 0.15) is 62.0 Å². The highest BCUT2D eigenvalue weighted by Gasteiger charge is 2.36. The van der Waals surface area contributed by atoms with E-state index in [1.165, 1.54) is 11.1 Å². The second-order valence-corrected chi connectivity index (χ2v) is 9.70. The molecule has 5 heteroatoms. The van der Waals surface area contributed by atoms with Crippen LogP contribution in [0.25, 0.3) is 11.0 Å². The zero-order valence-corrected chi connectivity index (χ0v) is 21.3. The fourth-order valence-corrected chi connectivity index (χ4v) is 5.21. The number of para-hydroxylation sites is 2. The summed E-state index contributed by atoms with van der Waals surface area (Å²) in [5.74, 6) is 2.27. The lowest BCUT2D eigenvalue weighted by Gasteiger charge is -2.25. The summed E-state index contributed by atoms with van der Waals surface area (Å²) in [6, 6.07) is 27.0. The molecule has 2 atom stereocenters.